The molecular weight excluding hydrogens is 444 g/mol. The Morgan fingerprint density at radius 1 is 1.18 bits per heavy atom. The maximum atomic E-state index is 12.9. The van der Waals surface area contributed by atoms with Crippen molar-refractivity contribution < 1.29 is 27.5 Å². The maximum Gasteiger partial charge on any atom is 0.340 e. The van der Waals surface area contributed by atoms with Gasteiger partial charge in [-0.25, -0.2) is 13.2 Å². The Labute approximate surface area is 195 Å². The molecule has 2 aromatic rings. The quantitative estimate of drug-likeness (QED) is 0.516. The van der Waals surface area contributed by atoms with E-state index < -0.39 is 22.4 Å². The molecule has 33 heavy (non-hydrogen) atoms. The molecule has 1 aromatic carbocycles. The summed E-state index contributed by atoms with van der Waals surface area (Å²) in [5.74, 6) is -0.139. The summed E-state index contributed by atoms with van der Waals surface area (Å²) in [7, 11) is -1.52. The molecule has 0 N–H and O–H groups in total. The van der Waals surface area contributed by atoms with Crippen molar-refractivity contribution in [3.05, 3.63) is 47.3 Å². The summed E-state index contributed by atoms with van der Waals surface area (Å²) in [4.78, 5) is 27.2. The van der Waals surface area contributed by atoms with Gasteiger partial charge in [0, 0.05) is 29.7 Å². The van der Waals surface area contributed by atoms with Crippen LogP contribution in [0.25, 0.3) is 5.69 Å². The minimum absolute atomic E-state index is 0.0284. The van der Waals surface area contributed by atoms with Crippen molar-refractivity contribution in [3.63, 3.8) is 0 Å². The monoisotopic (exact) mass is 476 g/mol. The molecule has 1 aliphatic heterocycles. The Hall–Kier alpha value is -2.81. The first-order valence-electron chi connectivity index (χ1n) is 11.2. The topological polar surface area (TPSA) is 94.9 Å². The fourth-order valence-electron chi connectivity index (χ4n) is 4.25. The van der Waals surface area contributed by atoms with Gasteiger partial charge in [-0.05, 0) is 57.0 Å². The van der Waals surface area contributed by atoms with E-state index in [1.807, 2.05) is 49.6 Å². The number of amides is 1. The molecule has 0 radical (unpaired) electrons. The number of aromatic nitrogens is 1. The van der Waals surface area contributed by atoms with Gasteiger partial charge in [-0.3, -0.25) is 4.79 Å². The van der Waals surface area contributed by atoms with Crippen LogP contribution in [0.15, 0.2) is 30.3 Å². The van der Waals surface area contributed by atoms with Gasteiger partial charge in [0.15, 0.2) is 16.4 Å². The van der Waals surface area contributed by atoms with Crippen molar-refractivity contribution in [2.24, 2.45) is 0 Å². The van der Waals surface area contributed by atoms with Gasteiger partial charge in [0.1, 0.15) is 5.75 Å². The van der Waals surface area contributed by atoms with E-state index in [1.54, 1.807) is 18.1 Å². The van der Waals surface area contributed by atoms with Crippen molar-refractivity contribution in [2.75, 3.05) is 31.8 Å². The number of hydrogen-bond donors (Lipinski definition) is 0. The van der Waals surface area contributed by atoms with Crippen molar-refractivity contribution in [1.82, 2.24) is 9.47 Å². The zero-order chi connectivity index (χ0) is 24.2. The predicted octanol–water partition coefficient (Wildman–Crippen LogP) is 3.08. The summed E-state index contributed by atoms with van der Waals surface area (Å²) >= 11 is 0. The van der Waals surface area contributed by atoms with Gasteiger partial charge in [-0.2, -0.15) is 0 Å². The number of rotatable bonds is 9. The number of hydrogen-bond acceptors (Lipinski definition) is 6. The largest absolute Gasteiger partial charge is 0.497 e. The lowest BCUT2D eigenvalue weighted by atomic mass is 10.2. The van der Waals surface area contributed by atoms with E-state index in [2.05, 4.69) is 0 Å². The number of esters is 1. The molecule has 2 heterocycles. The molecule has 9 heteroatoms. The van der Waals surface area contributed by atoms with Crippen LogP contribution in [-0.4, -0.2) is 67.6 Å². The van der Waals surface area contributed by atoms with Crippen LogP contribution in [-0.2, 0) is 19.4 Å². The maximum absolute atomic E-state index is 12.9. The number of unbranched alkanes of at least 4 members (excludes halogenated alkanes) is 1. The van der Waals surface area contributed by atoms with Crippen LogP contribution < -0.4 is 4.74 Å². The van der Waals surface area contributed by atoms with Crippen LogP contribution in [0.4, 0.5) is 0 Å². The van der Waals surface area contributed by atoms with Crippen LogP contribution in [0, 0.1) is 13.8 Å². The highest BCUT2D eigenvalue weighted by Gasteiger charge is 2.34. The second-order valence-electron chi connectivity index (χ2n) is 8.39. The number of ether oxygens (including phenoxy) is 2. The normalized spacial score (nSPS) is 17.0. The van der Waals surface area contributed by atoms with Gasteiger partial charge >= 0.3 is 5.97 Å². The van der Waals surface area contributed by atoms with Crippen LogP contribution in [0.2, 0.25) is 0 Å². The molecule has 1 saturated heterocycles. The number of carbonyl (C=O) groups is 2. The van der Waals surface area contributed by atoms with Gasteiger partial charge in [0.2, 0.25) is 0 Å². The molecule has 0 bridgehead atoms. The molecule has 1 aromatic heterocycles. The highest BCUT2D eigenvalue weighted by molar-refractivity contribution is 7.91. The zero-order valence-corrected chi connectivity index (χ0v) is 20.5. The molecule has 0 saturated carbocycles. The fourth-order valence-corrected chi connectivity index (χ4v) is 5.98. The zero-order valence-electron chi connectivity index (χ0n) is 19.7. The Bertz CT molecular complexity index is 1100. The van der Waals surface area contributed by atoms with E-state index >= 15 is 0 Å². The Balaban J connectivity index is 1.71. The SMILES string of the molecule is CCCCN(C(=O)COC(=O)c1cc(C)n(-c2ccc(OC)cc2)c1C)[C@@H]1CCS(=O)(=O)C1. The first-order valence-corrected chi connectivity index (χ1v) is 13.0. The van der Waals surface area contributed by atoms with E-state index in [1.165, 1.54) is 0 Å². The molecule has 3 rings (SSSR count). The molecule has 1 fully saturated rings. The van der Waals surface area contributed by atoms with Crippen LogP contribution >= 0.6 is 0 Å². The predicted molar refractivity (Wildman–Crippen MR) is 126 cm³/mol. The summed E-state index contributed by atoms with van der Waals surface area (Å²) < 4.78 is 36.3. The first-order chi connectivity index (χ1) is 15.7. The molecular formula is C24H32N2O6S. The molecule has 0 aliphatic carbocycles. The van der Waals surface area contributed by atoms with E-state index in [0.717, 1.165) is 30.0 Å². The summed E-state index contributed by atoms with van der Waals surface area (Å²) in [6.07, 6.45) is 2.06. The summed E-state index contributed by atoms with van der Waals surface area (Å²) in [5, 5.41) is 0. The van der Waals surface area contributed by atoms with E-state index in [4.69, 9.17) is 9.47 Å². The molecule has 0 unspecified atom stereocenters. The number of nitrogens with zero attached hydrogens (tertiary/aromatic N) is 2. The molecule has 1 amide bonds. The molecule has 8 nitrogen and oxygen atoms in total. The van der Waals surface area contributed by atoms with Gasteiger partial charge in [-0.1, -0.05) is 13.3 Å². The van der Waals surface area contributed by atoms with Crippen LogP contribution in [0.3, 0.4) is 0 Å². The summed E-state index contributed by atoms with van der Waals surface area (Å²) in [6.45, 7) is 5.77. The number of carbonyl (C=O) groups excluding carboxylic acids is 2. The number of methoxy groups -OCH3 is 1. The third-order valence-corrected chi connectivity index (χ3v) is 7.78. The Morgan fingerprint density at radius 2 is 1.88 bits per heavy atom. The number of benzene rings is 1. The number of aryl methyl sites for hydroxylation is 1. The van der Waals surface area contributed by atoms with E-state index in [0.29, 0.717) is 24.2 Å². The third-order valence-electron chi connectivity index (χ3n) is 6.03. The minimum atomic E-state index is -3.12. The third kappa shape index (κ3) is 5.76. The smallest absolute Gasteiger partial charge is 0.340 e. The average molecular weight is 477 g/mol. The highest BCUT2D eigenvalue weighted by atomic mass is 32.2. The Kier molecular flexibility index (Phi) is 7.84. The van der Waals surface area contributed by atoms with Crippen molar-refractivity contribution in [2.45, 2.75) is 46.1 Å². The van der Waals surface area contributed by atoms with Crippen molar-refractivity contribution >= 4 is 21.7 Å². The van der Waals surface area contributed by atoms with Gasteiger partial charge in [0.25, 0.3) is 5.91 Å². The molecule has 1 aliphatic rings. The van der Waals surface area contributed by atoms with Gasteiger partial charge < -0.3 is 18.9 Å². The first kappa shape index (κ1) is 24.8. The molecule has 180 valence electrons. The fraction of sp³-hybridized carbons (Fsp3) is 0.500. The van der Waals surface area contributed by atoms with Crippen LogP contribution in [0.1, 0.15) is 47.9 Å². The Morgan fingerprint density at radius 3 is 2.45 bits per heavy atom. The molecule has 0 spiro atoms. The average Bonchev–Trinajstić information content (AvgIpc) is 3.30. The van der Waals surface area contributed by atoms with Crippen molar-refractivity contribution in [3.8, 4) is 11.4 Å². The molecule has 1 atom stereocenters. The van der Waals surface area contributed by atoms with Gasteiger partial charge in [-0.15, -0.1) is 0 Å². The van der Waals surface area contributed by atoms with Crippen LogP contribution in [0.5, 0.6) is 5.75 Å². The highest BCUT2D eigenvalue weighted by Crippen LogP contribution is 2.24. The minimum Gasteiger partial charge on any atom is -0.497 e. The standard InChI is InChI=1S/C24H32N2O6S/c1-5-6-12-25(20-11-13-33(29,30)16-20)23(27)15-32-24(28)22-14-17(2)26(18(22)3)19-7-9-21(31-4)10-8-19/h7-10,14,20H,5-6,11-13,15-16H2,1-4H3/t20-/m1/s1. The van der Waals surface area contributed by atoms with E-state index in [9.17, 15) is 18.0 Å². The lowest BCUT2D eigenvalue weighted by Gasteiger charge is -2.28. The lowest BCUT2D eigenvalue weighted by Crippen LogP contribution is -2.43. The second-order valence-corrected chi connectivity index (χ2v) is 10.6. The summed E-state index contributed by atoms with van der Waals surface area (Å²) in [5.41, 5.74) is 2.84. The second kappa shape index (κ2) is 10.4. The number of sulfone groups is 1. The van der Waals surface area contributed by atoms with Gasteiger partial charge in [0.05, 0.1) is 24.2 Å². The van der Waals surface area contributed by atoms with Crippen molar-refractivity contribution in [1.29, 1.82) is 0 Å². The summed E-state index contributed by atoms with van der Waals surface area (Å²) in [6, 6.07) is 8.88. The lowest BCUT2D eigenvalue weighted by molar-refractivity contribution is -0.136. The van der Waals surface area contributed by atoms with E-state index in [-0.39, 0.29) is 23.5 Å².